The number of hydrogen-bond donors (Lipinski definition) is 2. The highest BCUT2D eigenvalue weighted by atomic mass is 32.1. The van der Waals surface area contributed by atoms with Crippen LogP contribution in [0.1, 0.15) is 18.9 Å². The van der Waals surface area contributed by atoms with Crippen LogP contribution in [0.3, 0.4) is 0 Å². The van der Waals surface area contributed by atoms with Gasteiger partial charge in [-0.15, -0.1) is 11.3 Å². The molecule has 1 heterocycles. The number of rotatable bonds is 6. The van der Waals surface area contributed by atoms with Crippen LogP contribution >= 0.6 is 11.3 Å². The van der Waals surface area contributed by atoms with Crippen LogP contribution in [0.25, 0.3) is 10.2 Å². The summed E-state index contributed by atoms with van der Waals surface area (Å²) < 4.78 is 1.21. The Bertz CT molecular complexity index is 519. The highest BCUT2D eigenvalue weighted by Crippen LogP contribution is 2.20. The maximum Gasteiger partial charge on any atom is 0.275 e. The van der Waals surface area contributed by atoms with Crippen LogP contribution in [0.15, 0.2) is 24.3 Å². The first-order valence-corrected chi connectivity index (χ1v) is 7.49. The van der Waals surface area contributed by atoms with Crippen molar-refractivity contribution < 1.29 is 9.69 Å². The van der Waals surface area contributed by atoms with Gasteiger partial charge in [0.25, 0.3) is 5.91 Å². The van der Waals surface area contributed by atoms with E-state index in [1.165, 1.54) is 9.60 Å². The predicted molar refractivity (Wildman–Crippen MR) is 78.4 cm³/mol. The average Bonchev–Trinajstić information content (AvgIpc) is 2.80. The number of thiazole rings is 1. The molecule has 0 saturated heterocycles. The molecule has 0 aliphatic carbocycles. The second kappa shape index (κ2) is 6.63. The van der Waals surface area contributed by atoms with Crippen molar-refractivity contribution in [1.82, 2.24) is 10.3 Å². The minimum Gasteiger partial charge on any atom is -0.351 e. The number of fused-ring (bicyclic) bond motifs is 1. The van der Waals surface area contributed by atoms with Crippen molar-refractivity contribution in [3.8, 4) is 0 Å². The van der Waals surface area contributed by atoms with Crippen LogP contribution in [0.2, 0.25) is 0 Å². The zero-order chi connectivity index (χ0) is 13.7. The molecular formula is C14H20N3OS+. The molecule has 1 unspecified atom stereocenters. The summed E-state index contributed by atoms with van der Waals surface area (Å²) in [7, 11) is 0. The maximum atomic E-state index is 11.6. The number of para-hydroxylation sites is 1. The molecule has 2 rings (SSSR count). The van der Waals surface area contributed by atoms with E-state index < -0.39 is 0 Å². The molecule has 0 aliphatic rings. The Morgan fingerprint density at radius 1 is 1.37 bits per heavy atom. The van der Waals surface area contributed by atoms with Gasteiger partial charge in [-0.1, -0.05) is 12.1 Å². The fourth-order valence-electron chi connectivity index (χ4n) is 2.01. The molecule has 102 valence electrons. The minimum atomic E-state index is 0.112. The molecule has 1 amide bonds. The van der Waals surface area contributed by atoms with Gasteiger partial charge in [0.1, 0.15) is 11.6 Å². The van der Waals surface area contributed by atoms with Crippen LogP contribution < -0.4 is 10.2 Å². The van der Waals surface area contributed by atoms with Crippen molar-refractivity contribution in [1.29, 1.82) is 0 Å². The highest BCUT2D eigenvalue weighted by molar-refractivity contribution is 7.18. The van der Waals surface area contributed by atoms with E-state index in [1.807, 2.05) is 25.1 Å². The Morgan fingerprint density at radius 2 is 2.16 bits per heavy atom. The second-order valence-electron chi connectivity index (χ2n) is 4.49. The van der Waals surface area contributed by atoms with Crippen LogP contribution in [-0.2, 0) is 11.3 Å². The van der Waals surface area contributed by atoms with E-state index in [-0.39, 0.29) is 5.91 Å². The summed E-state index contributed by atoms with van der Waals surface area (Å²) in [5.74, 6) is 0.112. The number of quaternary nitrogens is 1. The lowest BCUT2D eigenvalue weighted by Crippen LogP contribution is -3.11. The number of benzene rings is 1. The summed E-state index contributed by atoms with van der Waals surface area (Å²) in [6, 6.07) is 8.16. The molecule has 5 heteroatoms. The lowest BCUT2D eigenvalue weighted by Gasteiger charge is -2.15. The lowest BCUT2D eigenvalue weighted by molar-refractivity contribution is -0.904. The van der Waals surface area contributed by atoms with E-state index in [2.05, 4.69) is 23.3 Å². The van der Waals surface area contributed by atoms with Crippen molar-refractivity contribution in [2.24, 2.45) is 0 Å². The molecule has 4 nitrogen and oxygen atoms in total. The molecule has 2 aromatic rings. The first-order chi connectivity index (χ1) is 9.22. The third-order valence-corrected chi connectivity index (χ3v) is 4.06. The Kier molecular flexibility index (Phi) is 4.87. The second-order valence-corrected chi connectivity index (χ2v) is 5.60. The summed E-state index contributed by atoms with van der Waals surface area (Å²) in [5.41, 5.74) is 1.05. The summed E-state index contributed by atoms with van der Waals surface area (Å²) in [5, 5.41) is 3.95. The van der Waals surface area contributed by atoms with Gasteiger partial charge in [0.2, 0.25) is 0 Å². The number of hydrogen-bond acceptors (Lipinski definition) is 3. The molecule has 0 bridgehead atoms. The molecule has 0 radical (unpaired) electrons. The number of aromatic nitrogens is 1. The third kappa shape index (κ3) is 3.75. The fraction of sp³-hybridized carbons (Fsp3) is 0.429. The van der Waals surface area contributed by atoms with Crippen molar-refractivity contribution in [2.75, 3.05) is 19.6 Å². The number of carbonyl (C=O) groups is 1. The predicted octanol–water partition coefficient (Wildman–Crippen LogP) is 0.837. The van der Waals surface area contributed by atoms with Crippen molar-refractivity contribution >= 4 is 27.5 Å². The van der Waals surface area contributed by atoms with Gasteiger partial charge >= 0.3 is 0 Å². The summed E-state index contributed by atoms with van der Waals surface area (Å²) in [6.45, 7) is 6.98. The van der Waals surface area contributed by atoms with Gasteiger partial charge in [0.15, 0.2) is 6.54 Å². The summed E-state index contributed by atoms with van der Waals surface area (Å²) in [6.07, 6.45) is 0. The zero-order valence-corrected chi connectivity index (χ0v) is 12.2. The van der Waals surface area contributed by atoms with E-state index in [0.29, 0.717) is 13.1 Å². The number of likely N-dealkylation sites (N-methyl/N-ethyl adjacent to an activating group) is 2. The standard InChI is InChI=1S/C14H19N3OS/c1-3-15-13(18)9-17(4-2)10-14-16-11-7-5-6-8-12(11)19-14/h5-8H,3-4,9-10H2,1-2H3,(H,15,18)/p+1. The molecular weight excluding hydrogens is 258 g/mol. The summed E-state index contributed by atoms with van der Waals surface area (Å²) in [4.78, 5) is 17.5. The number of carbonyl (C=O) groups excluding carboxylic acids is 1. The van der Waals surface area contributed by atoms with E-state index in [4.69, 9.17) is 0 Å². The van der Waals surface area contributed by atoms with Gasteiger partial charge in [-0.25, -0.2) is 4.98 Å². The SMILES string of the molecule is CCNC(=O)C[NH+](CC)Cc1nc2ccccc2s1. The fourth-order valence-corrected chi connectivity index (χ4v) is 3.05. The topological polar surface area (TPSA) is 46.4 Å². The first kappa shape index (κ1) is 14.0. The Balaban J connectivity index is 2.03. The first-order valence-electron chi connectivity index (χ1n) is 6.67. The van der Waals surface area contributed by atoms with Crippen LogP contribution in [0.5, 0.6) is 0 Å². The van der Waals surface area contributed by atoms with Gasteiger partial charge in [-0.3, -0.25) is 4.79 Å². The quantitative estimate of drug-likeness (QED) is 0.822. The normalized spacial score (nSPS) is 12.5. The van der Waals surface area contributed by atoms with E-state index in [9.17, 15) is 4.79 Å². The Hall–Kier alpha value is -1.46. The number of nitrogens with zero attached hydrogens (tertiary/aromatic N) is 1. The van der Waals surface area contributed by atoms with Gasteiger partial charge in [-0.05, 0) is 26.0 Å². The molecule has 0 aliphatic heterocycles. The van der Waals surface area contributed by atoms with Crippen LogP contribution in [0.4, 0.5) is 0 Å². The van der Waals surface area contributed by atoms with E-state index in [0.717, 1.165) is 23.6 Å². The van der Waals surface area contributed by atoms with E-state index in [1.54, 1.807) is 11.3 Å². The van der Waals surface area contributed by atoms with Gasteiger partial charge in [0, 0.05) is 6.54 Å². The Morgan fingerprint density at radius 3 is 2.84 bits per heavy atom. The van der Waals surface area contributed by atoms with Gasteiger partial charge in [-0.2, -0.15) is 0 Å². The molecule has 2 N–H and O–H groups in total. The smallest absolute Gasteiger partial charge is 0.275 e. The Labute approximate surface area is 117 Å². The zero-order valence-electron chi connectivity index (χ0n) is 11.4. The molecule has 1 aromatic carbocycles. The van der Waals surface area contributed by atoms with Crippen LogP contribution in [0, 0.1) is 0 Å². The monoisotopic (exact) mass is 278 g/mol. The van der Waals surface area contributed by atoms with E-state index >= 15 is 0 Å². The number of nitrogens with one attached hydrogen (secondary N) is 2. The molecule has 1 aromatic heterocycles. The maximum absolute atomic E-state index is 11.6. The third-order valence-electron chi connectivity index (χ3n) is 3.02. The average molecular weight is 278 g/mol. The summed E-state index contributed by atoms with van der Waals surface area (Å²) >= 11 is 1.72. The molecule has 1 atom stereocenters. The number of amides is 1. The molecule has 0 fully saturated rings. The van der Waals surface area contributed by atoms with Crippen molar-refractivity contribution in [2.45, 2.75) is 20.4 Å². The molecule has 19 heavy (non-hydrogen) atoms. The van der Waals surface area contributed by atoms with Crippen LogP contribution in [-0.4, -0.2) is 30.5 Å². The van der Waals surface area contributed by atoms with Crippen molar-refractivity contribution in [3.05, 3.63) is 29.3 Å². The lowest BCUT2D eigenvalue weighted by atomic mass is 10.3. The molecule has 0 saturated carbocycles. The largest absolute Gasteiger partial charge is 0.351 e. The van der Waals surface area contributed by atoms with Crippen molar-refractivity contribution in [3.63, 3.8) is 0 Å². The highest BCUT2D eigenvalue weighted by Gasteiger charge is 2.14. The minimum absolute atomic E-state index is 0.112. The molecule has 0 spiro atoms. The van der Waals surface area contributed by atoms with Gasteiger partial charge in [0.05, 0.1) is 16.8 Å². The van der Waals surface area contributed by atoms with Gasteiger partial charge < -0.3 is 10.2 Å².